The molecule has 0 radical (unpaired) electrons. The van der Waals surface area contributed by atoms with Crippen molar-refractivity contribution in [1.29, 1.82) is 0 Å². The predicted molar refractivity (Wildman–Crippen MR) is 219 cm³/mol. The van der Waals surface area contributed by atoms with Crippen molar-refractivity contribution in [2.75, 3.05) is 38.5 Å². The van der Waals surface area contributed by atoms with Gasteiger partial charge in [-0.05, 0) is 50.1 Å². The maximum absolute atomic E-state index is 15.0. The Labute approximate surface area is 366 Å². The fourth-order valence-corrected chi connectivity index (χ4v) is 7.41. The van der Waals surface area contributed by atoms with Gasteiger partial charge in [0.25, 0.3) is 0 Å². The summed E-state index contributed by atoms with van der Waals surface area (Å²) >= 11 is 0.921. The summed E-state index contributed by atoms with van der Waals surface area (Å²) in [6.07, 6.45) is -3.85. The van der Waals surface area contributed by atoms with Crippen molar-refractivity contribution in [2.45, 2.75) is 68.4 Å². The van der Waals surface area contributed by atoms with Crippen molar-refractivity contribution in [3.05, 3.63) is 83.7 Å². The van der Waals surface area contributed by atoms with Gasteiger partial charge in [-0.1, -0.05) is 30.3 Å². The number of thioether (sulfide) groups is 1. The maximum atomic E-state index is 15.0. The Morgan fingerprint density at radius 2 is 1.58 bits per heavy atom. The number of likely N-dealkylation sites (tertiary alicyclic amines) is 1. The standard InChI is InChI=1S/C38H47F2N7O9S.C2HF3O2/c1-38(2,56)34(29-14-23(25-15-24(39)8-9-26(25)40)18-45(29)17-22-6-4-3-5-7-22)46(33(51)20-48)13-10-27(41)35(52)44-12-11-43-31(49)19-47-32(50)16-30(36(47)53)57-21-28(42)37(54)55;3-2(4,5)1(6)7/h3-9,14-15,18,27-28,30,34,48,56H,10-13,16-17,19-21,41-42H2,1-2H3,(H,43,49)(H,44,52)(H,54,55);(H,6,7)/t27?,28-,30?,34?;/m0./s1. The van der Waals surface area contributed by atoms with E-state index in [1.807, 2.05) is 30.3 Å². The van der Waals surface area contributed by atoms with E-state index in [4.69, 9.17) is 26.5 Å². The molecule has 10 N–H and O–H groups in total. The lowest BCUT2D eigenvalue weighted by Crippen LogP contribution is -2.50. The first-order valence-electron chi connectivity index (χ1n) is 19.2. The molecule has 0 bridgehead atoms. The molecule has 0 aliphatic carbocycles. The van der Waals surface area contributed by atoms with Crippen LogP contribution in [0.2, 0.25) is 0 Å². The number of nitrogens with two attached hydrogens (primary N) is 2. The van der Waals surface area contributed by atoms with E-state index < -0.39 is 101 Å². The highest BCUT2D eigenvalue weighted by Gasteiger charge is 2.41. The second kappa shape index (κ2) is 23.1. The second-order valence-corrected chi connectivity index (χ2v) is 16.1. The summed E-state index contributed by atoms with van der Waals surface area (Å²) in [6, 6.07) is 10.1. The lowest BCUT2D eigenvalue weighted by atomic mass is 9.92. The molecule has 2 aromatic carbocycles. The largest absolute Gasteiger partial charge is 0.490 e. The average Bonchev–Trinajstić information content (AvgIpc) is 3.74. The summed E-state index contributed by atoms with van der Waals surface area (Å²) in [7, 11) is 0. The topological polar surface area (TPSA) is 288 Å². The number of hydrogen-bond acceptors (Lipinski definition) is 12. The third-order valence-corrected chi connectivity index (χ3v) is 10.7. The number of rotatable bonds is 20. The summed E-state index contributed by atoms with van der Waals surface area (Å²) in [4.78, 5) is 85.5. The van der Waals surface area contributed by atoms with Gasteiger partial charge in [0, 0.05) is 61.4 Å². The van der Waals surface area contributed by atoms with Crippen molar-refractivity contribution >= 4 is 53.2 Å². The molecule has 2 heterocycles. The molecule has 3 unspecified atom stereocenters. The number of carboxylic acid groups (broad SMARTS) is 2. The smallest absolute Gasteiger partial charge is 0.480 e. The van der Waals surface area contributed by atoms with Gasteiger partial charge in [-0.2, -0.15) is 13.2 Å². The minimum Gasteiger partial charge on any atom is -0.480 e. The van der Waals surface area contributed by atoms with E-state index in [2.05, 4.69) is 10.6 Å². The van der Waals surface area contributed by atoms with Crippen LogP contribution in [0.5, 0.6) is 0 Å². The zero-order chi connectivity index (χ0) is 48.1. The molecule has 0 saturated carbocycles. The third-order valence-electron chi connectivity index (χ3n) is 9.39. The molecular formula is C40H48F5N7O11S. The van der Waals surface area contributed by atoms with Crippen molar-refractivity contribution in [1.82, 2.24) is 25.0 Å². The molecule has 1 fully saturated rings. The summed E-state index contributed by atoms with van der Waals surface area (Å²) in [5, 5.41) is 41.8. The number of amides is 5. The molecule has 64 heavy (non-hydrogen) atoms. The fourth-order valence-electron chi connectivity index (χ4n) is 6.30. The molecule has 4 rings (SSSR count). The van der Waals surface area contributed by atoms with E-state index in [0.717, 1.165) is 40.4 Å². The number of halogens is 5. The van der Waals surface area contributed by atoms with E-state index in [-0.39, 0.29) is 55.9 Å². The molecule has 350 valence electrons. The molecule has 1 aliphatic rings. The first kappa shape index (κ1) is 52.4. The highest BCUT2D eigenvalue weighted by Crippen LogP contribution is 2.37. The van der Waals surface area contributed by atoms with Gasteiger partial charge in [0.15, 0.2) is 0 Å². The Bertz CT molecular complexity index is 2150. The third kappa shape index (κ3) is 15.1. The van der Waals surface area contributed by atoms with Gasteiger partial charge >= 0.3 is 18.1 Å². The highest BCUT2D eigenvalue weighted by molar-refractivity contribution is 8.00. The van der Waals surface area contributed by atoms with Gasteiger partial charge in [-0.3, -0.25) is 33.7 Å². The van der Waals surface area contributed by atoms with Crippen LogP contribution in [-0.2, 0) is 40.1 Å². The minimum atomic E-state index is -5.08. The molecular weight excluding hydrogens is 882 g/mol. The first-order chi connectivity index (χ1) is 29.8. The Hall–Kier alpha value is -5.95. The van der Waals surface area contributed by atoms with Gasteiger partial charge < -0.3 is 52.0 Å². The Morgan fingerprint density at radius 1 is 0.953 bits per heavy atom. The van der Waals surface area contributed by atoms with Gasteiger partial charge in [-0.15, -0.1) is 11.8 Å². The van der Waals surface area contributed by atoms with Gasteiger partial charge in [0.1, 0.15) is 36.9 Å². The van der Waals surface area contributed by atoms with Crippen LogP contribution in [0.1, 0.15) is 44.0 Å². The molecule has 1 saturated heterocycles. The molecule has 1 aliphatic heterocycles. The van der Waals surface area contributed by atoms with Crippen LogP contribution in [0, 0.1) is 11.6 Å². The Kier molecular flexibility index (Phi) is 18.9. The van der Waals surface area contributed by atoms with Crippen LogP contribution in [0.15, 0.2) is 60.8 Å². The number of aliphatic hydroxyl groups excluding tert-OH is 1. The van der Waals surface area contributed by atoms with E-state index in [1.165, 1.54) is 24.8 Å². The summed E-state index contributed by atoms with van der Waals surface area (Å²) in [6.45, 7) is 1.17. The first-order valence-corrected chi connectivity index (χ1v) is 20.3. The summed E-state index contributed by atoms with van der Waals surface area (Å²) in [5.74, 6) is -8.83. The predicted octanol–water partition coefficient (Wildman–Crippen LogP) is 0.970. The lowest BCUT2D eigenvalue weighted by Gasteiger charge is -2.40. The number of carbonyl (C=O) groups is 7. The number of carbonyl (C=O) groups excluding carboxylic acids is 5. The molecule has 0 spiro atoms. The van der Waals surface area contributed by atoms with Crippen LogP contribution < -0.4 is 22.1 Å². The molecule has 24 heteroatoms. The van der Waals surface area contributed by atoms with E-state index in [0.29, 0.717) is 5.69 Å². The number of carboxylic acids is 2. The molecule has 18 nitrogen and oxygen atoms in total. The number of hydrogen-bond donors (Lipinski definition) is 8. The van der Waals surface area contributed by atoms with Crippen molar-refractivity contribution < 1.29 is 75.9 Å². The van der Waals surface area contributed by atoms with Crippen LogP contribution >= 0.6 is 11.8 Å². The van der Waals surface area contributed by atoms with Crippen LogP contribution in [0.3, 0.4) is 0 Å². The molecule has 3 aromatic rings. The van der Waals surface area contributed by atoms with Crippen LogP contribution in [0.25, 0.3) is 11.1 Å². The molecule has 1 aromatic heterocycles. The van der Waals surface area contributed by atoms with E-state index in [1.54, 1.807) is 10.8 Å². The number of nitrogens with zero attached hydrogens (tertiary/aromatic N) is 3. The van der Waals surface area contributed by atoms with Gasteiger partial charge in [0.2, 0.25) is 29.5 Å². The average molecular weight is 930 g/mol. The quantitative estimate of drug-likeness (QED) is 0.0446. The Balaban J connectivity index is 0.00000143. The number of nitrogens with one attached hydrogen (secondary N) is 2. The van der Waals surface area contributed by atoms with Crippen molar-refractivity contribution in [3.8, 4) is 11.1 Å². The molecule has 5 amide bonds. The van der Waals surface area contributed by atoms with E-state index >= 15 is 0 Å². The summed E-state index contributed by atoms with van der Waals surface area (Å²) < 4.78 is 62.7. The normalized spacial score (nSPS) is 15.4. The number of aromatic nitrogens is 1. The van der Waals surface area contributed by atoms with Crippen LogP contribution in [0.4, 0.5) is 22.0 Å². The lowest BCUT2D eigenvalue weighted by molar-refractivity contribution is -0.192. The number of aliphatic hydroxyl groups is 2. The van der Waals surface area contributed by atoms with Gasteiger partial charge in [-0.25, -0.2) is 13.6 Å². The van der Waals surface area contributed by atoms with Crippen LogP contribution in [-0.4, -0.2) is 144 Å². The van der Waals surface area contributed by atoms with E-state index in [9.17, 15) is 60.9 Å². The van der Waals surface area contributed by atoms with Crippen molar-refractivity contribution in [2.24, 2.45) is 11.5 Å². The van der Waals surface area contributed by atoms with Crippen molar-refractivity contribution in [3.63, 3.8) is 0 Å². The number of benzene rings is 2. The Morgan fingerprint density at radius 3 is 2.16 bits per heavy atom. The number of imide groups is 1. The monoisotopic (exact) mass is 929 g/mol. The zero-order valence-corrected chi connectivity index (χ0v) is 35.2. The minimum absolute atomic E-state index is 0.0474. The second-order valence-electron chi connectivity index (χ2n) is 14.8. The summed E-state index contributed by atoms with van der Waals surface area (Å²) in [5.41, 5.74) is 11.3. The van der Waals surface area contributed by atoms with Gasteiger partial charge in [0.05, 0.1) is 16.9 Å². The zero-order valence-electron chi connectivity index (χ0n) is 34.4. The number of alkyl halides is 3. The highest BCUT2D eigenvalue weighted by atomic mass is 32.2. The maximum Gasteiger partial charge on any atom is 0.490 e. The molecule has 4 atom stereocenters. The fraction of sp³-hybridized carbons (Fsp3) is 0.425. The SMILES string of the molecule is CC(C)(O)C(c1cc(-c2cc(F)ccc2F)cn1Cc1ccccc1)N(CCC(N)C(=O)NCCNC(=O)CN1C(=O)CC(SC[C@H](N)C(=O)O)C1=O)C(=O)CO.O=C(O)C(F)(F)F. The number of aliphatic carboxylic acids is 2.